The molecule has 0 amide bonds. The van der Waals surface area contributed by atoms with Crippen LogP contribution < -0.4 is 5.69 Å². The van der Waals surface area contributed by atoms with Gasteiger partial charge in [0.05, 0.1) is 18.9 Å². The molecule has 0 spiro atoms. The van der Waals surface area contributed by atoms with Crippen molar-refractivity contribution in [2.45, 2.75) is 31.3 Å². The summed E-state index contributed by atoms with van der Waals surface area (Å²) < 4.78 is 78.6. The first kappa shape index (κ1) is 25.6. The minimum absolute atomic E-state index is 0.515. The zero-order valence-corrected chi connectivity index (χ0v) is 18.2. The fourth-order valence-electron chi connectivity index (χ4n) is 2.49. The highest BCUT2D eigenvalue weighted by molar-refractivity contribution is 7.71. The second-order valence-electron chi connectivity index (χ2n) is 6.12. The van der Waals surface area contributed by atoms with E-state index in [0.717, 1.165) is 6.92 Å². The predicted molar refractivity (Wildman–Crippen MR) is 93.7 cm³/mol. The van der Waals surface area contributed by atoms with E-state index in [1.807, 2.05) is 4.98 Å². The lowest BCUT2D eigenvalue weighted by molar-refractivity contribution is -0.0608. The second-order valence-corrected chi connectivity index (χ2v) is 11.0. The Labute approximate surface area is 170 Å². The summed E-state index contributed by atoms with van der Waals surface area (Å²) in [5, 5.41) is 0. The maximum atomic E-state index is 14.8. The lowest BCUT2D eigenvalue weighted by Gasteiger charge is -2.23. The number of aromatic nitrogens is 2. The Kier molecular flexibility index (Phi) is 7.42. The van der Waals surface area contributed by atoms with Crippen LogP contribution in [0.2, 0.25) is 0 Å². The van der Waals surface area contributed by atoms with E-state index in [4.69, 9.17) is 19.4 Å². The largest absolute Gasteiger partial charge is 0.490 e. The summed E-state index contributed by atoms with van der Waals surface area (Å²) in [6.07, 6.45) is -2.94. The summed E-state index contributed by atoms with van der Waals surface area (Å²) in [6, 6.07) is 0. The number of alkyl halides is 1. The third kappa shape index (κ3) is 6.92. The third-order valence-electron chi connectivity index (χ3n) is 3.48. The van der Waals surface area contributed by atoms with Crippen molar-refractivity contribution in [1.29, 1.82) is 0 Å². The van der Waals surface area contributed by atoms with E-state index >= 15 is 0 Å². The van der Waals surface area contributed by atoms with Crippen LogP contribution in [0.5, 0.6) is 0 Å². The lowest BCUT2D eigenvalue weighted by atomic mass is 10.0. The molecule has 1 aliphatic rings. The molecule has 172 valence electrons. The van der Waals surface area contributed by atoms with Crippen molar-refractivity contribution in [3.05, 3.63) is 27.1 Å². The first-order valence-corrected chi connectivity index (χ1v) is 12.5. The van der Waals surface area contributed by atoms with Gasteiger partial charge in [-0.05, 0) is 6.92 Å². The Balaban J connectivity index is 2.09. The van der Waals surface area contributed by atoms with Crippen molar-refractivity contribution in [3.8, 4) is 0 Å². The number of hydrogen-bond acceptors (Lipinski definition) is 9. The van der Waals surface area contributed by atoms with E-state index in [9.17, 15) is 32.2 Å². The van der Waals surface area contributed by atoms with Crippen LogP contribution >= 0.6 is 35.7 Å². The number of nitrogens with zero attached hydrogens (tertiary/aromatic N) is 1. The van der Waals surface area contributed by atoms with Crippen LogP contribution in [0.25, 0.3) is 0 Å². The molecule has 0 aromatic carbocycles. The number of hydrogen-bond donors (Lipinski definition) is 5. The van der Waals surface area contributed by atoms with E-state index in [0.29, 0.717) is 10.8 Å². The van der Waals surface area contributed by atoms with E-state index in [1.54, 1.807) is 0 Å². The van der Waals surface area contributed by atoms with Crippen LogP contribution in [0.15, 0.2) is 11.0 Å². The van der Waals surface area contributed by atoms with Crippen molar-refractivity contribution >= 4 is 35.7 Å². The summed E-state index contributed by atoms with van der Waals surface area (Å²) >= 11 is 4.54. The number of aromatic amines is 1. The smallest absolute Gasteiger partial charge is 0.349 e. The van der Waals surface area contributed by atoms with Crippen molar-refractivity contribution in [3.63, 3.8) is 0 Å². The Bertz CT molecular complexity index is 1070. The normalized spacial score (nSPS) is 28.8. The van der Waals surface area contributed by atoms with Gasteiger partial charge in [0.25, 0.3) is 0 Å². The summed E-state index contributed by atoms with van der Waals surface area (Å²) in [5.74, 6) is -1.04. The van der Waals surface area contributed by atoms with Crippen LogP contribution in [0.3, 0.4) is 0 Å². The van der Waals surface area contributed by atoms with Crippen LogP contribution in [0.4, 0.5) is 8.78 Å². The zero-order chi connectivity index (χ0) is 23.1. The third-order valence-corrected chi connectivity index (χ3v) is 7.58. The predicted octanol–water partition coefficient (Wildman–Crippen LogP) is 1.40. The average Bonchev–Trinajstić information content (AvgIpc) is 2.80. The van der Waals surface area contributed by atoms with E-state index in [2.05, 4.69) is 25.4 Å². The summed E-state index contributed by atoms with van der Waals surface area (Å²) in [6.45, 7) is 0.0637. The van der Waals surface area contributed by atoms with Gasteiger partial charge in [-0.3, -0.25) is 14.1 Å². The highest BCUT2D eigenvalue weighted by Crippen LogP contribution is 2.66. The van der Waals surface area contributed by atoms with Crippen molar-refractivity contribution < 1.29 is 59.9 Å². The van der Waals surface area contributed by atoms with E-state index in [-0.39, 0.29) is 0 Å². The molecule has 2 heterocycles. The second kappa shape index (κ2) is 8.70. The topological polar surface area (TPSA) is 207 Å². The first-order valence-electron chi connectivity index (χ1n) is 7.54. The standard InChI is InChI=1S/C10H15F2N2O12P3S/c1-10(12)2-5(24-8(10)14-3-6(11)7(30)13-9(14)15)4-23-28(19,20)26-29(21,22)25-27(16,17)18/h3,5,8H,2,4H2,1H3,(H,19,20)(H,21,22)(H,13,15,30)(H2,16,17,18)/t5-,8+,10?/m0/s1. The van der Waals surface area contributed by atoms with Gasteiger partial charge in [0.1, 0.15) is 4.64 Å². The minimum Gasteiger partial charge on any atom is -0.349 e. The Hall–Kier alpha value is -0.670. The number of phosphoric acid groups is 3. The molecule has 5 N–H and O–H groups in total. The molecule has 1 aromatic rings. The number of H-pyrrole nitrogens is 1. The highest BCUT2D eigenvalue weighted by atomic mass is 32.1. The number of halogens is 2. The highest BCUT2D eigenvalue weighted by Gasteiger charge is 2.49. The van der Waals surface area contributed by atoms with Gasteiger partial charge in [-0.15, -0.1) is 0 Å². The zero-order valence-electron chi connectivity index (χ0n) is 14.7. The molecule has 0 radical (unpaired) electrons. The van der Waals surface area contributed by atoms with Gasteiger partial charge in [-0.2, -0.15) is 8.62 Å². The molecule has 20 heteroatoms. The van der Waals surface area contributed by atoms with Gasteiger partial charge in [0.15, 0.2) is 17.7 Å². The average molecular weight is 518 g/mol. The summed E-state index contributed by atoms with van der Waals surface area (Å²) in [5.41, 5.74) is -3.29. The van der Waals surface area contributed by atoms with Crippen molar-refractivity contribution in [2.24, 2.45) is 0 Å². The van der Waals surface area contributed by atoms with Crippen LogP contribution in [-0.4, -0.2) is 47.5 Å². The fraction of sp³-hybridized carbons (Fsp3) is 0.600. The number of phosphoric ester groups is 1. The molecule has 1 aromatic heterocycles. The summed E-state index contributed by atoms with van der Waals surface area (Å²) in [4.78, 5) is 49.2. The van der Waals surface area contributed by atoms with E-state index < -0.39 is 70.6 Å². The van der Waals surface area contributed by atoms with Gasteiger partial charge in [0, 0.05) is 6.42 Å². The molecule has 1 saturated heterocycles. The Morgan fingerprint density at radius 1 is 1.30 bits per heavy atom. The molecule has 30 heavy (non-hydrogen) atoms. The monoisotopic (exact) mass is 518 g/mol. The lowest BCUT2D eigenvalue weighted by Crippen LogP contribution is -2.36. The summed E-state index contributed by atoms with van der Waals surface area (Å²) in [7, 11) is -16.7. The molecule has 5 atom stereocenters. The Morgan fingerprint density at radius 3 is 2.47 bits per heavy atom. The molecular formula is C10H15F2N2O12P3S. The molecular weight excluding hydrogens is 503 g/mol. The van der Waals surface area contributed by atoms with Crippen molar-refractivity contribution in [2.75, 3.05) is 6.61 Å². The van der Waals surface area contributed by atoms with Gasteiger partial charge >= 0.3 is 29.2 Å². The maximum absolute atomic E-state index is 14.8. The number of ether oxygens (including phenoxy) is 1. The number of rotatable bonds is 8. The molecule has 2 rings (SSSR count). The van der Waals surface area contributed by atoms with Crippen molar-refractivity contribution in [1.82, 2.24) is 9.55 Å². The minimum atomic E-state index is -5.72. The van der Waals surface area contributed by atoms with Gasteiger partial charge < -0.3 is 24.3 Å². The molecule has 1 fully saturated rings. The SMILES string of the molecule is CC1(F)C[C@@H](COP(=O)(O)OP(=O)(O)OP(=O)(O)O)O[C@H]1n1cc(F)c(=S)[nH]c1=O. The van der Waals surface area contributed by atoms with Crippen LogP contribution in [-0.2, 0) is 31.6 Å². The maximum Gasteiger partial charge on any atom is 0.490 e. The quantitative estimate of drug-likeness (QED) is 0.244. The first-order chi connectivity index (χ1) is 13.4. The van der Waals surface area contributed by atoms with Crippen LogP contribution in [0.1, 0.15) is 19.6 Å². The molecule has 0 bridgehead atoms. The molecule has 0 aliphatic carbocycles. The van der Waals surface area contributed by atoms with Gasteiger partial charge in [-0.1, -0.05) is 12.2 Å². The van der Waals surface area contributed by atoms with E-state index in [1.165, 1.54) is 0 Å². The van der Waals surface area contributed by atoms with Gasteiger partial charge in [0.2, 0.25) is 0 Å². The Morgan fingerprint density at radius 2 is 1.90 bits per heavy atom. The van der Waals surface area contributed by atoms with Gasteiger partial charge in [-0.25, -0.2) is 27.3 Å². The van der Waals surface area contributed by atoms with Crippen LogP contribution in [0, 0.1) is 10.5 Å². The molecule has 1 aliphatic heterocycles. The number of nitrogens with one attached hydrogen (secondary N) is 1. The molecule has 3 unspecified atom stereocenters. The fourth-order valence-corrected chi connectivity index (χ4v) is 5.68. The molecule has 14 nitrogen and oxygen atoms in total. The molecule has 0 saturated carbocycles.